The number of carbonyl (C=O) groups is 1. The van der Waals surface area contributed by atoms with Crippen molar-refractivity contribution in [2.45, 2.75) is 26.3 Å². The molecule has 0 aliphatic rings. The molecule has 0 aliphatic carbocycles. The highest BCUT2D eigenvalue weighted by Crippen LogP contribution is 2.31. The molecule has 0 saturated carbocycles. The van der Waals surface area contributed by atoms with E-state index in [0.29, 0.717) is 30.2 Å². The number of ether oxygens (including phenoxy) is 3. The van der Waals surface area contributed by atoms with E-state index in [4.69, 9.17) is 14.2 Å². The maximum atomic E-state index is 12.6. The Morgan fingerprint density at radius 2 is 1.85 bits per heavy atom. The fourth-order valence-electron chi connectivity index (χ4n) is 2.39. The van der Waals surface area contributed by atoms with E-state index in [0.717, 1.165) is 27.7 Å². The van der Waals surface area contributed by atoms with Crippen LogP contribution in [-0.2, 0) is 6.54 Å². The minimum atomic E-state index is -0.160. The van der Waals surface area contributed by atoms with Crippen LogP contribution in [0.1, 0.15) is 35.7 Å². The number of carbonyl (C=O) groups excluding carboxylic acids is 1. The Morgan fingerprint density at radius 1 is 1.12 bits per heavy atom. The third-order valence-corrected chi connectivity index (χ3v) is 4.73. The molecule has 26 heavy (non-hydrogen) atoms. The molecule has 0 fully saturated rings. The Bertz CT molecular complexity index is 749. The lowest BCUT2D eigenvalue weighted by molar-refractivity contribution is 0.0949. The number of methoxy groups -OCH3 is 2. The van der Waals surface area contributed by atoms with Crippen LogP contribution in [0.2, 0.25) is 0 Å². The monoisotopic (exact) mass is 469 g/mol. The highest BCUT2D eigenvalue weighted by Gasteiger charge is 2.15. The standard InChI is InChI=1S/C20H24INO4/c1-4-5-9-26-15-8-6-7-14(10-15)13-22-20(23)16-11-18(24-2)19(25-3)12-17(16)21/h6-8,10-12H,4-5,9,13H2,1-3H3,(H,22,23). The second kappa shape index (κ2) is 10.3. The van der Waals surface area contributed by atoms with Gasteiger partial charge in [0.05, 0.1) is 26.4 Å². The van der Waals surface area contributed by atoms with Crippen molar-refractivity contribution in [3.05, 3.63) is 51.1 Å². The van der Waals surface area contributed by atoms with Crippen LogP contribution in [0.3, 0.4) is 0 Å². The molecular formula is C20H24INO4. The number of benzene rings is 2. The first kappa shape index (κ1) is 20.4. The molecule has 5 nitrogen and oxygen atoms in total. The van der Waals surface area contributed by atoms with Gasteiger partial charge >= 0.3 is 0 Å². The van der Waals surface area contributed by atoms with Crippen molar-refractivity contribution in [3.63, 3.8) is 0 Å². The van der Waals surface area contributed by atoms with Gasteiger partial charge in [0.15, 0.2) is 11.5 Å². The Balaban J connectivity index is 2.03. The molecule has 2 aromatic carbocycles. The van der Waals surface area contributed by atoms with Crippen LogP contribution < -0.4 is 19.5 Å². The average molecular weight is 469 g/mol. The summed E-state index contributed by atoms with van der Waals surface area (Å²) in [5, 5.41) is 2.94. The smallest absolute Gasteiger partial charge is 0.252 e. The van der Waals surface area contributed by atoms with Gasteiger partial charge in [-0.05, 0) is 58.8 Å². The number of unbranched alkanes of at least 4 members (excludes halogenated alkanes) is 1. The molecule has 140 valence electrons. The topological polar surface area (TPSA) is 56.8 Å². The molecule has 1 N–H and O–H groups in total. The molecule has 0 aromatic heterocycles. The van der Waals surface area contributed by atoms with E-state index in [2.05, 4.69) is 34.8 Å². The van der Waals surface area contributed by atoms with Crippen LogP contribution in [0.15, 0.2) is 36.4 Å². The van der Waals surface area contributed by atoms with Gasteiger partial charge in [-0.1, -0.05) is 25.5 Å². The van der Waals surface area contributed by atoms with Gasteiger partial charge in [0.2, 0.25) is 0 Å². The predicted molar refractivity (Wildman–Crippen MR) is 110 cm³/mol. The van der Waals surface area contributed by atoms with Crippen molar-refractivity contribution < 1.29 is 19.0 Å². The molecule has 1 amide bonds. The van der Waals surface area contributed by atoms with E-state index in [-0.39, 0.29) is 5.91 Å². The van der Waals surface area contributed by atoms with Crippen LogP contribution in [0.5, 0.6) is 17.2 Å². The second-order valence-corrected chi connectivity index (χ2v) is 6.88. The largest absolute Gasteiger partial charge is 0.494 e. The minimum Gasteiger partial charge on any atom is -0.494 e. The summed E-state index contributed by atoms with van der Waals surface area (Å²) in [6.45, 7) is 3.26. The summed E-state index contributed by atoms with van der Waals surface area (Å²) in [5.41, 5.74) is 1.54. The zero-order valence-electron chi connectivity index (χ0n) is 15.3. The van der Waals surface area contributed by atoms with Gasteiger partial charge in [-0.2, -0.15) is 0 Å². The quantitative estimate of drug-likeness (QED) is 0.437. The molecule has 0 aliphatic heterocycles. The zero-order valence-corrected chi connectivity index (χ0v) is 17.5. The van der Waals surface area contributed by atoms with Gasteiger partial charge in [0, 0.05) is 10.1 Å². The van der Waals surface area contributed by atoms with Crippen LogP contribution in [0, 0.1) is 3.57 Å². The second-order valence-electron chi connectivity index (χ2n) is 5.72. The average Bonchev–Trinajstić information content (AvgIpc) is 2.66. The fourth-order valence-corrected chi connectivity index (χ4v) is 3.07. The van der Waals surface area contributed by atoms with E-state index in [1.54, 1.807) is 26.4 Å². The fraction of sp³-hybridized carbons (Fsp3) is 0.350. The molecule has 2 aromatic rings. The van der Waals surface area contributed by atoms with Crippen molar-refractivity contribution in [1.29, 1.82) is 0 Å². The summed E-state index contributed by atoms with van der Waals surface area (Å²) in [7, 11) is 3.12. The SMILES string of the molecule is CCCCOc1cccc(CNC(=O)c2cc(OC)c(OC)cc2I)c1. The van der Waals surface area contributed by atoms with Gasteiger partial charge in [0.1, 0.15) is 5.75 Å². The number of rotatable bonds is 9. The number of halogens is 1. The van der Waals surface area contributed by atoms with Crippen LogP contribution in [0.25, 0.3) is 0 Å². The van der Waals surface area contributed by atoms with Gasteiger partial charge in [0.25, 0.3) is 5.91 Å². The summed E-state index contributed by atoms with van der Waals surface area (Å²) in [6, 6.07) is 11.3. The first-order valence-corrected chi connectivity index (χ1v) is 9.58. The summed E-state index contributed by atoms with van der Waals surface area (Å²) in [5.74, 6) is 1.80. The molecule has 0 unspecified atom stereocenters. The number of hydrogen-bond donors (Lipinski definition) is 1. The van der Waals surface area contributed by atoms with Gasteiger partial charge in [-0.15, -0.1) is 0 Å². The highest BCUT2D eigenvalue weighted by atomic mass is 127. The van der Waals surface area contributed by atoms with Gasteiger partial charge in [-0.3, -0.25) is 4.79 Å². The van der Waals surface area contributed by atoms with E-state index in [1.165, 1.54) is 0 Å². The van der Waals surface area contributed by atoms with Gasteiger partial charge < -0.3 is 19.5 Å². The van der Waals surface area contributed by atoms with Crippen molar-refractivity contribution in [1.82, 2.24) is 5.32 Å². The molecular weight excluding hydrogens is 445 g/mol. The molecule has 0 atom stereocenters. The summed E-state index contributed by atoms with van der Waals surface area (Å²) in [4.78, 5) is 12.6. The summed E-state index contributed by atoms with van der Waals surface area (Å²) >= 11 is 2.12. The zero-order chi connectivity index (χ0) is 18.9. The first-order valence-electron chi connectivity index (χ1n) is 8.50. The Morgan fingerprint density at radius 3 is 2.54 bits per heavy atom. The van der Waals surface area contributed by atoms with Crippen molar-refractivity contribution in [3.8, 4) is 17.2 Å². The predicted octanol–water partition coefficient (Wildman–Crippen LogP) is 4.42. The number of nitrogens with one attached hydrogen (secondary N) is 1. The molecule has 0 saturated heterocycles. The molecule has 0 radical (unpaired) electrons. The summed E-state index contributed by atoms with van der Waals surface area (Å²) < 4.78 is 17.1. The molecule has 0 spiro atoms. The third kappa shape index (κ3) is 5.52. The molecule has 6 heteroatoms. The normalized spacial score (nSPS) is 10.3. The first-order chi connectivity index (χ1) is 12.6. The third-order valence-electron chi connectivity index (χ3n) is 3.84. The Labute approximate surface area is 168 Å². The lowest BCUT2D eigenvalue weighted by Gasteiger charge is -2.12. The lowest BCUT2D eigenvalue weighted by atomic mass is 10.1. The lowest BCUT2D eigenvalue weighted by Crippen LogP contribution is -2.23. The maximum absolute atomic E-state index is 12.6. The molecule has 0 bridgehead atoms. The minimum absolute atomic E-state index is 0.160. The Hall–Kier alpha value is -1.96. The summed E-state index contributed by atoms with van der Waals surface area (Å²) in [6.07, 6.45) is 2.12. The number of hydrogen-bond acceptors (Lipinski definition) is 4. The van der Waals surface area contributed by atoms with Crippen LogP contribution in [0.4, 0.5) is 0 Å². The number of amides is 1. The molecule has 2 rings (SSSR count). The van der Waals surface area contributed by atoms with Crippen LogP contribution in [-0.4, -0.2) is 26.7 Å². The van der Waals surface area contributed by atoms with E-state index in [9.17, 15) is 4.79 Å². The van der Waals surface area contributed by atoms with E-state index >= 15 is 0 Å². The van der Waals surface area contributed by atoms with Gasteiger partial charge in [-0.25, -0.2) is 0 Å². The van der Waals surface area contributed by atoms with Crippen molar-refractivity contribution in [2.24, 2.45) is 0 Å². The molecule has 0 heterocycles. The van der Waals surface area contributed by atoms with Crippen LogP contribution >= 0.6 is 22.6 Å². The van der Waals surface area contributed by atoms with E-state index < -0.39 is 0 Å². The van der Waals surface area contributed by atoms with Crippen molar-refractivity contribution >= 4 is 28.5 Å². The Kier molecular flexibility index (Phi) is 8.03. The van der Waals surface area contributed by atoms with E-state index in [1.807, 2.05) is 24.3 Å². The highest BCUT2D eigenvalue weighted by molar-refractivity contribution is 14.1. The maximum Gasteiger partial charge on any atom is 0.252 e. The van der Waals surface area contributed by atoms with Crippen molar-refractivity contribution in [2.75, 3.05) is 20.8 Å².